The number of aromatic amines is 1. The Hall–Kier alpha value is -2.65. The molecule has 7 nitrogen and oxygen atoms in total. The van der Waals surface area contributed by atoms with Crippen LogP contribution in [0.1, 0.15) is 5.69 Å². The number of sulfonamides is 1. The Bertz CT molecular complexity index is 1110. The maximum absolute atomic E-state index is 12.6. The van der Waals surface area contributed by atoms with Crippen molar-refractivity contribution < 1.29 is 16.8 Å². The average molecular weight is 377 g/mol. The van der Waals surface area contributed by atoms with Crippen LogP contribution in [0, 0.1) is 6.92 Å². The molecule has 0 amide bonds. The molecule has 0 saturated heterocycles. The second kappa shape index (κ2) is 6.34. The lowest BCUT2D eigenvalue weighted by molar-refractivity contribution is 0.595. The fourth-order valence-corrected chi connectivity index (χ4v) is 4.80. The number of nitrogens with one attached hydrogen (secondary N) is 2. The Morgan fingerprint density at radius 3 is 2.24 bits per heavy atom. The van der Waals surface area contributed by atoms with Gasteiger partial charge < -0.3 is 0 Å². The van der Waals surface area contributed by atoms with E-state index in [1.807, 2.05) is 0 Å². The van der Waals surface area contributed by atoms with Crippen LogP contribution >= 0.6 is 0 Å². The first-order chi connectivity index (χ1) is 11.8. The molecule has 0 atom stereocenters. The minimum atomic E-state index is -3.87. The summed E-state index contributed by atoms with van der Waals surface area (Å²) in [5, 5.41) is 6.24. The quantitative estimate of drug-likeness (QED) is 0.709. The van der Waals surface area contributed by atoms with Crippen molar-refractivity contribution in [3.8, 4) is 0 Å². The van der Waals surface area contributed by atoms with Crippen molar-refractivity contribution in [1.82, 2.24) is 10.2 Å². The number of hydrogen-bond acceptors (Lipinski definition) is 5. The van der Waals surface area contributed by atoms with Crippen molar-refractivity contribution in [2.75, 3.05) is 4.72 Å². The number of benzene rings is 2. The first-order valence-corrected chi connectivity index (χ1v) is 10.2. The van der Waals surface area contributed by atoms with E-state index in [1.165, 1.54) is 42.6 Å². The number of aryl methyl sites for hydroxylation is 1. The summed E-state index contributed by atoms with van der Waals surface area (Å²) >= 11 is 0. The third kappa shape index (κ3) is 3.42. The fraction of sp³-hybridized carbons (Fsp3) is 0.0625. The van der Waals surface area contributed by atoms with Crippen molar-refractivity contribution in [2.24, 2.45) is 0 Å². The maximum atomic E-state index is 12.6. The van der Waals surface area contributed by atoms with Crippen LogP contribution < -0.4 is 4.72 Å². The molecule has 0 saturated carbocycles. The lowest BCUT2D eigenvalue weighted by Gasteiger charge is -2.09. The van der Waals surface area contributed by atoms with Gasteiger partial charge in [0.15, 0.2) is 0 Å². The molecule has 1 aromatic heterocycles. The van der Waals surface area contributed by atoms with E-state index in [2.05, 4.69) is 14.9 Å². The van der Waals surface area contributed by atoms with Gasteiger partial charge in [0.1, 0.15) is 4.90 Å². The zero-order chi connectivity index (χ0) is 18.1. The summed E-state index contributed by atoms with van der Waals surface area (Å²) in [5.74, 6) is 0. The van der Waals surface area contributed by atoms with Crippen LogP contribution in [0.2, 0.25) is 0 Å². The number of aromatic nitrogens is 2. The van der Waals surface area contributed by atoms with Gasteiger partial charge in [-0.25, -0.2) is 16.8 Å². The average Bonchev–Trinajstić information content (AvgIpc) is 3.02. The van der Waals surface area contributed by atoms with E-state index < -0.39 is 19.9 Å². The SMILES string of the molecule is Cc1[nH]ncc1S(=O)(=O)Nc1cccc(S(=O)(=O)c2ccccc2)c1. The van der Waals surface area contributed by atoms with E-state index in [0.29, 0.717) is 5.69 Å². The van der Waals surface area contributed by atoms with Crippen LogP contribution in [-0.4, -0.2) is 27.0 Å². The van der Waals surface area contributed by atoms with E-state index in [0.717, 1.165) is 0 Å². The first kappa shape index (κ1) is 17.2. The van der Waals surface area contributed by atoms with Gasteiger partial charge in [0.2, 0.25) is 9.84 Å². The highest BCUT2D eigenvalue weighted by Crippen LogP contribution is 2.24. The fourth-order valence-electron chi connectivity index (χ4n) is 2.28. The number of H-pyrrole nitrogens is 1. The molecule has 9 heteroatoms. The van der Waals surface area contributed by atoms with Gasteiger partial charge >= 0.3 is 0 Å². The van der Waals surface area contributed by atoms with Crippen LogP contribution in [0.15, 0.2) is 75.5 Å². The van der Waals surface area contributed by atoms with Crippen molar-refractivity contribution >= 4 is 25.5 Å². The molecule has 3 aromatic rings. The molecule has 0 aliphatic rings. The molecule has 0 radical (unpaired) electrons. The van der Waals surface area contributed by atoms with Crippen LogP contribution in [0.4, 0.5) is 5.69 Å². The van der Waals surface area contributed by atoms with Gasteiger partial charge in [-0.2, -0.15) is 5.10 Å². The van der Waals surface area contributed by atoms with Crippen LogP contribution in [0.5, 0.6) is 0 Å². The van der Waals surface area contributed by atoms with E-state index in [-0.39, 0.29) is 20.4 Å². The molecule has 0 aliphatic heterocycles. The van der Waals surface area contributed by atoms with Gasteiger partial charge in [-0.05, 0) is 37.3 Å². The Kier molecular flexibility index (Phi) is 4.36. The topological polar surface area (TPSA) is 109 Å². The predicted molar refractivity (Wildman–Crippen MR) is 92.5 cm³/mol. The van der Waals surface area contributed by atoms with E-state index in [9.17, 15) is 16.8 Å². The largest absolute Gasteiger partial charge is 0.281 e. The standard InChI is InChI=1S/C16H15N3O4S2/c1-12-16(11-17-18-12)25(22,23)19-13-6-5-9-15(10-13)24(20,21)14-7-3-2-4-8-14/h2-11,19H,1H3,(H,17,18). The number of rotatable bonds is 5. The second-order valence-electron chi connectivity index (χ2n) is 5.31. The molecule has 0 unspecified atom stereocenters. The summed E-state index contributed by atoms with van der Waals surface area (Å²) in [6, 6.07) is 13.6. The number of anilines is 1. The van der Waals surface area contributed by atoms with E-state index in [1.54, 1.807) is 25.1 Å². The molecule has 3 rings (SSSR count). The van der Waals surface area contributed by atoms with Gasteiger partial charge in [0, 0.05) is 0 Å². The smallest absolute Gasteiger partial charge is 0.265 e. The third-order valence-corrected chi connectivity index (χ3v) is 6.79. The van der Waals surface area contributed by atoms with Crippen molar-refractivity contribution in [2.45, 2.75) is 21.6 Å². The minimum Gasteiger partial charge on any atom is -0.281 e. The lowest BCUT2D eigenvalue weighted by Crippen LogP contribution is -2.14. The van der Waals surface area contributed by atoms with E-state index in [4.69, 9.17) is 0 Å². The highest BCUT2D eigenvalue weighted by atomic mass is 32.2. The molecule has 2 N–H and O–H groups in total. The Labute approximate surface area is 145 Å². The zero-order valence-corrected chi connectivity index (χ0v) is 14.8. The van der Waals surface area contributed by atoms with Gasteiger partial charge in [0.25, 0.3) is 10.0 Å². The Balaban J connectivity index is 1.97. The number of sulfone groups is 1. The monoisotopic (exact) mass is 377 g/mol. The molecule has 25 heavy (non-hydrogen) atoms. The second-order valence-corrected chi connectivity index (χ2v) is 8.91. The summed E-state index contributed by atoms with van der Waals surface area (Å²) in [6.07, 6.45) is 1.20. The van der Waals surface area contributed by atoms with Gasteiger partial charge in [-0.15, -0.1) is 0 Å². The molecule has 0 fully saturated rings. The van der Waals surface area contributed by atoms with Crippen LogP contribution in [0.3, 0.4) is 0 Å². The summed E-state index contributed by atoms with van der Waals surface area (Å²) in [6.45, 7) is 1.58. The number of hydrogen-bond donors (Lipinski definition) is 2. The molecule has 0 aliphatic carbocycles. The van der Waals surface area contributed by atoms with Crippen molar-refractivity contribution in [3.05, 3.63) is 66.5 Å². The summed E-state index contributed by atoms with van der Waals surface area (Å²) in [7, 11) is -7.60. The molecule has 130 valence electrons. The lowest BCUT2D eigenvalue weighted by atomic mass is 10.3. The van der Waals surface area contributed by atoms with Gasteiger partial charge in [-0.1, -0.05) is 24.3 Å². The molecule has 0 bridgehead atoms. The first-order valence-electron chi connectivity index (χ1n) is 7.24. The maximum Gasteiger partial charge on any atom is 0.265 e. The summed E-state index contributed by atoms with van der Waals surface area (Å²) in [4.78, 5) is 0.146. The predicted octanol–water partition coefficient (Wildman–Crippen LogP) is 2.35. The van der Waals surface area contributed by atoms with E-state index >= 15 is 0 Å². The highest BCUT2D eigenvalue weighted by molar-refractivity contribution is 7.93. The van der Waals surface area contributed by atoms with Gasteiger partial charge in [0.05, 0.1) is 27.4 Å². The third-order valence-electron chi connectivity index (χ3n) is 3.52. The molecule has 1 heterocycles. The molecule has 0 spiro atoms. The van der Waals surface area contributed by atoms with Gasteiger partial charge in [-0.3, -0.25) is 9.82 Å². The van der Waals surface area contributed by atoms with Crippen molar-refractivity contribution in [3.63, 3.8) is 0 Å². The molecular formula is C16H15N3O4S2. The van der Waals surface area contributed by atoms with Crippen LogP contribution in [-0.2, 0) is 19.9 Å². The molecule has 2 aromatic carbocycles. The normalized spacial score (nSPS) is 12.0. The minimum absolute atomic E-state index is 0.00261. The Morgan fingerprint density at radius 1 is 0.920 bits per heavy atom. The highest BCUT2D eigenvalue weighted by Gasteiger charge is 2.21. The zero-order valence-electron chi connectivity index (χ0n) is 13.2. The van der Waals surface area contributed by atoms with Crippen molar-refractivity contribution in [1.29, 1.82) is 0 Å². The number of nitrogens with zero attached hydrogens (tertiary/aromatic N) is 1. The van der Waals surface area contributed by atoms with Crippen LogP contribution in [0.25, 0.3) is 0 Å². The summed E-state index contributed by atoms with van der Waals surface area (Å²) < 4.78 is 52.4. The Morgan fingerprint density at radius 2 is 1.60 bits per heavy atom. The summed E-state index contributed by atoms with van der Waals surface area (Å²) in [5.41, 5.74) is 0.540. The molecular weight excluding hydrogens is 362 g/mol.